The fourth-order valence-electron chi connectivity index (χ4n) is 1.61. The van der Waals surface area contributed by atoms with Crippen molar-refractivity contribution >= 4 is 25.3 Å². The second kappa shape index (κ2) is 7.85. The van der Waals surface area contributed by atoms with Crippen LogP contribution >= 0.6 is 25.3 Å². The molecule has 0 aromatic carbocycles. The van der Waals surface area contributed by atoms with Crippen molar-refractivity contribution in [3.63, 3.8) is 0 Å². The van der Waals surface area contributed by atoms with Crippen molar-refractivity contribution in [2.75, 3.05) is 26.2 Å². The van der Waals surface area contributed by atoms with Gasteiger partial charge < -0.3 is 10.6 Å². The molecule has 0 atom stereocenters. The molecule has 0 saturated carbocycles. The molecule has 1 heterocycles. The van der Waals surface area contributed by atoms with E-state index >= 15 is 0 Å². The highest BCUT2D eigenvalue weighted by Crippen LogP contribution is 2.08. The van der Waals surface area contributed by atoms with Crippen molar-refractivity contribution in [2.45, 2.75) is 36.2 Å². The first-order chi connectivity index (χ1) is 6.79. The number of rotatable bonds is 0. The normalized spacial score (nSPS) is 33.0. The molecule has 0 aromatic heterocycles. The van der Waals surface area contributed by atoms with Gasteiger partial charge in [-0.2, -0.15) is 25.3 Å². The van der Waals surface area contributed by atoms with Crippen molar-refractivity contribution < 1.29 is 0 Å². The second-order valence-corrected chi connectivity index (χ2v) is 5.42. The van der Waals surface area contributed by atoms with E-state index in [1.54, 1.807) is 0 Å². The van der Waals surface area contributed by atoms with Gasteiger partial charge in [-0.05, 0) is 51.9 Å². The third kappa shape index (κ3) is 6.17. The third-order valence-corrected chi connectivity index (χ3v) is 3.65. The molecule has 1 aliphatic rings. The quantitative estimate of drug-likeness (QED) is 0.476. The molecule has 0 amide bonds. The molecule has 84 valence electrons. The van der Waals surface area contributed by atoms with Gasteiger partial charge >= 0.3 is 0 Å². The van der Waals surface area contributed by atoms with Crippen molar-refractivity contribution in [2.24, 2.45) is 0 Å². The number of hydrogen-bond acceptors (Lipinski definition) is 4. The number of nitrogens with one attached hydrogen (secondary N) is 2. The van der Waals surface area contributed by atoms with Gasteiger partial charge in [0.1, 0.15) is 0 Å². The van der Waals surface area contributed by atoms with Gasteiger partial charge in [0.15, 0.2) is 0 Å². The average molecular weight is 234 g/mol. The van der Waals surface area contributed by atoms with Crippen LogP contribution in [-0.2, 0) is 0 Å². The monoisotopic (exact) mass is 234 g/mol. The van der Waals surface area contributed by atoms with Gasteiger partial charge in [-0.3, -0.25) is 0 Å². The van der Waals surface area contributed by atoms with Gasteiger partial charge in [-0.25, -0.2) is 0 Å². The molecular formula is C10H22N2S2. The summed E-state index contributed by atoms with van der Waals surface area (Å²) >= 11 is 9.09. The summed E-state index contributed by atoms with van der Waals surface area (Å²) in [6.45, 7) is 4.37. The van der Waals surface area contributed by atoms with Crippen molar-refractivity contribution in [3.8, 4) is 0 Å². The molecule has 1 fully saturated rings. The number of thiol groups is 2. The summed E-state index contributed by atoms with van der Waals surface area (Å²) in [4.78, 5) is 0. The zero-order chi connectivity index (χ0) is 10.2. The van der Waals surface area contributed by atoms with Crippen molar-refractivity contribution in [1.29, 1.82) is 0 Å². The van der Waals surface area contributed by atoms with Gasteiger partial charge in [0.2, 0.25) is 0 Å². The summed E-state index contributed by atoms with van der Waals surface area (Å²) in [6, 6.07) is 0. The highest BCUT2D eigenvalue weighted by atomic mass is 32.1. The third-order valence-electron chi connectivity index (χ3n) is 2.62. The molecule has 0 radical (unpaired) electrons. The van der Waals surface area contributed by atoms with E-state index in [-0.39, 0.29) is 0 Å². The minimum absolute atomic E-state index is 0.543. The summed E-state index contributed by atoms with van der Waals surface area (Å²) in [5, 5.41) is 7.98. The fourth-order valence-corrected chi connectivity index (χ4v) is 2.13. The zero-order valence-corrected chi connectivity index (χ0v) is 10.5. The molecular weight excluding hydrogens is 212 g/mol. The lowest BCUT2D eigenvalue weighted by molar-refractivity contribution is 0.533. The summed E-state index contributed by atoms with van der Waals surface area (Å²) in [6.07, 6.45) is 4.67. The van der Waals surface area contributed by atoms with Gasteiger partial charge in [-0.1, -0.05) is 0 Å². The molecule has 0 spiro atoms. The van der Waals surface area contributed by atoms with E-state index in [4.69, 9.17) is 0 Å². The summed E-state index contributed by atoms with van der Waals surface area (Å²) in [7, 11) is 0. The Kier molecular flexibility index (Phi) is 7.12. The summed E-state index contributed by atoms with van der Waals surface area (Å²) in [5.74, 6) is 0. The first kappa shape index (κ1) is 12.7. The van der Waals surface area contributed by atoms with Crippen LogP contribution in [-0.4, -0.2) is 36.7 Å². The Hall–Kier alpha value is 0.620. The SMILES string of the molecule is SC1CCNCCC(S)CCNCC1. The maximum absolute atomic E-state index is 4.55. The van der Waals surface area contributed by atoms with Gasteiger partial charge in [0.05, 0.1) is 0 Å². The summed E-state index contributed by atoms with van der Waals surface area (Å²) in [5.41, 5.74) is 0. The zero-order valence-electron chi connectivity index (χ0n) is 8.71. The lowest BCUT2D eigenvalue weighted by atomic mass is 10.2. The Morgan fingerprint density at radius 2 is 0.929 bits per heavy atom. The van der Waals surface area contributed by atoms with E-state index in [1.165, 1.54) is 25.7 Å². The van der Waals surface area contributed by atoms with Crippen LogP contribution in [0.25, 0.3) is 0 Å². The van der Waals surface area contributed by atoms with E-state index in [0.29, 0.717) is 10.5 Å². The highest BCUT2D eigenvalue weighted by molar-refractivity contribution is 7.81. The Labute approximate surface area is 98.4 Å². The fraction of sp³-hybridized carbons (Fsp3) is 1.00. The van der Waals surface area contributed by atoms with Crippen LogP contribution in [0.4, 0.5) is 0 Å². The minimum Gasteiger partial charge on any atom is -0.317 e. The van der Waals surface area contributed by atoms with Crippen LogP contribution in [0.5, 0.6) is 0 Å². The molecule has 1 aliphatic heterocycles. The molecule has 2 nitrogen and oxygen atoms in total. The Morgan fingerprint density at radius 3 is 1.21 bits per heavy atom. The molecule has 0 unspecified atom stereocenters. The lowest BCUT2D eigenvalue weighted by Crippen LogP contribution is -2.27. The van der Waals surface area contributed by atoms with E-state index < -0.39 is 0 Å². The van der Waals surface area contributed by atoms with Crippen LogP contribution in [0.1, 0.15) is 25.7 Å². The molecule has 2 N–H and O–H groups in total. The highest BCUT2D eigenvalue weighted by Gasteiger charge is 2.06. The Balaban J connectivity index is 2.19. The minimum atomic E-state index is 0.543. The van der Waals surface area contributed by atoms with Crippen LogP contribution in [0, 0.1) is 0 Å². The molecule has 0 aromatic rings. The smallest absolute Gasteiger partial charge is 0.00409 e. The number of hydrogen-bond donors (Lipinski definition) is 4. The Bertz CT molecular complexity index is 116. The molecule has 1 rings (SSSR count). The van der Waals surface area contributed by atoms with Gasteiger partial charge in [-0.15, -0.1) is 0 Å². The lowest BCUT2D eigenvalue weighted by Gasteiger charge is -2.16. The first-order valence-corrected chi connectivity index (χ1v) is 6.60. The van der Waals surface area contributed by atoms with E-state index in [1.807, 2.05) is 0 Å². The molecule has 14 heavy (non-hydrogen) atoms. The predicted molar refractivity (Wildman–Crippen MR) is 69.8 cm³/mol. The molecule has 0 bridgehead atoms. The van der Waals surface area contributed by atoms with Crippen LogP contribution in [0.2, 0.25) is 0 Å². The van der Waals surface area contributed by atoms with Crippen molar-refractivity contribution in [3.05, 3.63) is 0 Å². The van der Waals surface area contributed by atoms with Crippen LogP contribution in [0.3, 0.4) is 0 Å². The first-order valence-electron chi connectivity index (χ1n) is 5.56. The average Bonchev–Trinajstić information content (AvgIpc) is 2.14. The topological polar surface area (TPSA) is 24.1 Å². The van der Waals surface area contributed by atoms with Gasteiger partial charge in [0.25, 0.3) is 0 Å². The molecule has 4 heteroatoms. The molecule has 1 saturated heterocycles. The summed E-state index contributed by atoms with van der Waals surface area (Å²) < 4.78 is 0. The van der Waals surface area contributed by atoms with Crippen LogP contribution < -0.4 is 10.6 Å². The standard InChI is InChI=1S/C10H22N2S2/c13-9-1-5-11-7-3-10(14)4-8-12-6-2-9/h9-14H,1-8H2. The van der Waals surface area contributed by atoms with E-state index in [9.17, 15) is 0 Å². The largest absolute Gasteiger partial charge is 0.317 e. The van der Waals surface area contributed by atoms with Crippen molar-refractivity contribution in [1.82, 2.24) is 10.6 Å². The van der Waals surface area contributed by atoms with E-state index in [0.717, 1.165) is 26.2 Å². The predicted octanol–water partition coefficient (Wildman–Crippen LogP) is 1.34. The maximum Gasteiger partial charge on any atom is 0.00409 e. The maximum atomic E-state index is 4.55. The second-order valence-electron chi connectivity index (χ2n) is 3.96. The van der Waals surface area contributed by atoms with E-state index in [2.05, 4.69) is 35.9 Å². The van der Waals surface area contributed by atoms with Gasteiger partial charge in [0, 0.05) is 10.5 Å². The Morgan fingerprint density at radius 1 is 0.643 bits per heavy atom. The van der Waals surface area contributed by atoms with Crippen LogP contribution in [0.15, 0.2) is 0 Å². The molecule has 0 aliphatic carbocycles.